The van der Waals surface area contributed by atoms with Gasteiger partial charge in [-0.1, -0.05) is 12.8 Å². The molecule has 2 atom stereocenters. The molecule has 9 aromatic rings. The van der Waals surface area contributed by atoms with Gasteiger partial charge in [0.25, 0.3) is 0 Å². The number of hydrogen-bond acceptors (Lipinski definition) is 6. The molecule has 0 saturated heterocycles. The minimum Gasteiger partial charge on any atom is -0.870 e. The predicted octanol–water partition coefficient (Wildman–Crippen LogP) is 10.2. The van der Waals surface area contributed by atoms with E-state index in [2.05, 4.69) is 29.7 Å². The Morgan fingerprint density at radius 1 is 0.548 bits per heavy atom. The monoisotopic (exact) mass is 1110 g/mol. The first kappa shape index (κ1) is 59.1. The molecule has 73 heavy (non-hydrogen) atoms. The first-order valence-electron chi connectivity index (χ1n) is 22.4. The molecule has 10 rings (SSSR count). The number of carboxylic acids is 1. The molecule has 1 aliphatic rings. The van der Waals surface area contributed by atoms with Crippen molar-refractivity contribution in [3.63, 3.8) is 0 Å². The fourth-order valence-corrected chi connectivity index (χ4v) is 8.38. The first-order valence-corrected chi connectivity index (χ1v) is 23.5. The molecule has 1 aliphatic carbocycles. The second kappa shape index (κ2) is 27.6. The Hall–Kier alpha value is -6.46. The standard InChI is InChI=1S/C16H11F2NO.C15H9F2NO2.C10H9NO.C8H18N2.C6H3F2I.Li.H2O/c1-10(20)11-2-5-16-12(8-11)6-7-19(16)13-3-4-14(17)15(18)9-13;16-12-3-2-11(8-13(12)17)18-6-5-9-7-10(15(19)20)1-4-14(9)18;1-7(12)8-2-3-10-9(6-8)4-5-11-10;1-9-7-5-3-4-6-8(7)10-2;7-5-2-1-4(9)3-6(5)8;;/h2-9H,1H3;1-8H,(H,19,20);2-6,11H,1H3;7-10H,3-6H2,1-2H3;1-3H;;1H2/q;;;;;+1;/p-1/t;;;7-,8-;;;/m...1.../s1. The number of carbonyl (C=O) groups is 3. The Labute approximate surface area is 443 Å². The summed E-state index contributed by atoms with van der Waals surface area (Å²) >= 11 is 1.92. The first-order chi connectivity index (χ1) is 34.0. The predicted molar refractivity (Wildman–Crippen MR) is 277 cm³/mol. The van der Waals surface area contributed by atoms with Crippen molar-refractivity contribution >= 4 is 72.8 Å². The number of carbonyl (C=O) groups excluding carboxylic acids is 2. The van der Waals surface area contributed by atoms with E-state index in [0.29, 0.717) is 32.6 Å². The number of carboxylic acid groups (broad SMARTS) is 1. The van der Waals surface area contributed by atoms with Crippen molar-refractivity contribution < 1.29 is 70.2 Å². The fourth-order valence-electron chi connectivity index (χ4n) is 7.92. The maximum atomic E-state index is 13.3. The third-order valence-corrected chi connectivity index (χ3v) is 12.4. The molecule has 0 unspecified atom stereocenters. The zero-order valence-corrected chi connectivity index (χ0v) is 42.7. The number of nitrogens with one attached hydrogen (secondary N) is 3. The summed E-state index contributed by atoms with van der Waals surface area (Å²) in [5.74, 6) is -6.07. The van der Waals surface area contributed by atoms with Crippen molar-refractivity contribution in [2.45, 2.75) is 51.6 Å². The molecule has 0 radical (unpaired) electrons. The fraction of sp³-hybridized carbons (Fsp3) is 0.182. The van der Waals surface area contributed by atoms with Gasteiger partial charge in [0.05, 0.1) is 16.6 Å². The van der Waals surface area contributed by atoms with E-state index in [1.54, 1.807) is 58.8 Å². The summed E-state index contributed by atoms with van der Waals surface area (Å²) in [4.78, 5) is 36.3. The number of likely N-dealkylation sites (N-methyl/N-ethyl adjacent to an activating group) is 2. The number of nitrogens with zero attached hydrogens (tertiary/aromatic N) is 2. The van der Waals surface area contributed by atoms with Crippen LogP contribution in [0.4, 0.5) is 26.3 Å². The summed E-state index contributed by atoms with van der Waals surface area (Å²) < 4.78 is 80.9. The molecule has 0 spiro atoms. The van der Waals surface area contributed by atoms with Gasteiger partial charge >= 0.3 is 24.8 Å². The Balaban J connectivity index is 0.000000204. The van der Waals surface area contributed by atoms with Crippen LogP contribution in [-0.2, 0) is 0 Å². The summed E-state index contributed by atoms with van der Waals surface area (Å²) in [6, 6.07) is 33.7. The Morgan fingerprint density at radius 3 is 1.40 bits per heavy atom. The number of aromatic carboxylic acids is 1. The van der Waals surface area contributed by atoms with E-state index in [0.717, 1.165) is 74.7 Å². The molecule has 0 aliphatic heterocycles. The van der Waals surface area contributed by atoms with Crippen LogP contribution in [0.25, 0.3) is 44.1 Å². The van der Waals surface area contributed by atoms with E-state index in [4.69, 9.17) is 5.11 Å². The molecule has 1 fully saturated rings. The zero-order chi connectivity index (χ0) is 51.4. The minimum atomic E-state index is -1.01. The van der Waals surface area contributed by atoms with Gasteiger partial charge in [0.1, 0.15) is 0 Å². The van der Waals surface area contributed by atoms with Crippen molar-refractivity contribution in [2.24, 2.45) is 0 Å². The molecule has 0 bridgehead atoms. The topological polar surface area (TPSA) is 151 Å². The maximum Gasteiger partial charge on any atom is 1.00 e. The van der Waals surface area contributed by atoms with Crippen molar-refractivity contribution in [3.8, 4) is 11.4 Å². The Morgan fingerprint density at radius 2 is 0.973 bits per heavy atom. The van der Waals surface area contributed by atoms with E-state index < -0.39 is 40.9 Å². The molecule has 3 heterocycles. The van der Waals surface area contributed by atoms with Crippen LogP contribution in [0.3, 0.4) is 0 Å². The number of fused-ring (bicyclic) bond motifs is 3. The molecule has 6 aromatic carbocycles. The van der Waals surface area contributed by atoms with E-state index in [-0.39, 0.29) is 41.5 Å². The quantitative estimate of drug-likeness (QED) is 0.0408. The third-order valence-electron chi connectivity index (χ3n) is 11.7. The van der Waals surface area contributed by atoms with Gasteiger partial charge in [-0.3, -0.25) is 9.59 Å². The molecule has 1 saturated carbocycles. The van der Waals surface area contributed by atoms with Crippen LogP contribution in [0.1, 0.15) is 70.6 Å². The van der Waals surface area contributed by atoms with Crippen molar-refractivity contribution in [3.05, 3.63) is 201 Å². The van der Waals surface area contributed by atoms with E-state index >= 15 is 0 Å². The molecular formula is C55H51F6ILiN5O5. The second-order valence-electron chi connectivity index (χ2n) is 16.4. The number of ketones is 2. The van der Waals surface area contributed by atoms with Gasteiger partial charge < -0.3 is 35.3 Å². The number of benzene rings is 6. The zero-order valence-electron chi connectivity index (χ0n) is 40.5. The van der Waals surface area contributed by atoms with E-state index in [9.17, 15) is 40.7 Å². The number of aromatic amines is 1. The van der Waals surface area contributed by atoms with Crippen LogP contribution in [0.15, 0.2) is 146 Å². The van der Waals surface area contributed by atoms with Crippen LogP contribution in [0.5, 0.6) is 0 Å². The van der Waals surface area contributed by atoms with Gasteiger partial charge in [-0.05, 0) is 179 Å². The summed E-state index contributed by atoms with van der Waals surface area (Å²) in [6.07, 6.45) is 10.8. The molecule has 18 heteroatoms. The summed E-state index contributed by atoms with van der Waals surface area (Å²) in [5.41, 5.74) is 5.21. The third kappa shape index (κ3) is 15.5. The number of rotatable bonds is 7. The summed E-state index contributed by atoms with van der Waals surface area (Å²) in [7, 11) is 4.11. The van der Waals surface area contributed by atoms with Crippen LogP contribution in [0.2, 0.25) is 0 Å². The largest absolute Gasteiger partial charge is 1.00 e. The number of H-pyrrole nitrogens is 1. The molecular weight excluding hydrogens is 1060 g/mol. The van der Waals surface area contributed by atoms with Crippen molar-refractivity contribution in [1.82, 2.24) is 24.8 Å². The molecule has 0 amide bonds. The van der Waals surface area contributed by atoms with Gasteiger partial charge in [0.2, 0.25) is 0 Å². The van der Waals surface area contributed by atoms with E-state index in [1.165, 1.54) is 62.9 Å². The maximum absolute atomic E-state index is 13.3. The van der Waals surface area contributed by atoms with Gasteiger partial charge in [0, 0.05) is 90.6 Å². The Kier molecular flexibility index (Phi) is 22.3. The minimum absolute atomic E-state index is 0. The smallest absolute Gasteiger partial charge is 0.870 e. The summed E-state index contributed by atoms with van der Waals surface area (Å²) in [6.45, 7) is 3.08. The number of hydrogen-bond donors (Lipinski definition) is 4. The average Bonchev–Trinajstić information content (AvgIpc) is 4.14. The van der Waals surface area contributed by atoms with Crippen LogP contribution >= 0.6 is 22.6 Å². The molecule has 376 valence electrons. The SMILES string of the molecule is CC(=O)c1ccc2[nH]ccc2c1.CC(=O)c1ccc2c(ccn2-c2ccc(F)c(F)c2)c1.CN[C@@H]1CCCC[C@H]1NC.Fc1ccc(I)cc1F.O=C(O)c1ccc2c(ccn2-c2ccc(F)c(F)c2)c1.[Li+].[OH-]. The molecule has 10 nitrogen and oxygen atoms in total. The van der Waals surface area contributed by atoms with Crippen molar-refractivity contribution in [1.29, 1.82) is 0 Å². The van der Waals surface area contributed by atoms with Crippen LogP contribution in [0, 0.1) is 38.5 Å². The second-order valence-corrected chi connectivity index (χ2v) is 17.7. The Bertz CT molecular complexity index is 3170. The number of halogens is 7. The molecule has 5 N–H and O–H groups in total. The number of aromatic nitrogens is 3. The van der Waals surface area contributed by atoms with Crippen LogP contribution in [-0.4, -0.2) is 68.4 Å². The van der Waals surface area contributed by atoms with Gasteiger partial charge in [-0.15, -0.1) is 0 Å². The van der Waals surface area contributed by atoms with E-state index in [1.807, 2.05) is 59.1 Å². The average molecular weight is 1110 g/mol. The van der Waals surface area contributed by atoms with Gasteiger partial charge in [-0.25, -0.2) is 31.1 Å². The van der Waals surface area contributed by atoms with Gasteiger partial charge in [-0.2, -0.15) is 0 Å². The summed E-state index contributed by atoms with van der Waals surface area (Å²) in [5, 5.41) is 18.3. The van der Waals surface area contributed by atoms with Crippen molar-refractivity contribution in [2.75, 3.05) is 14.1 Å². The van der Waals surface area contributed by atoms with Crippen LogP contribution < -0.4 is 29.5 Å². The van der Waals surface area contributed by atoms with Gasteiger partial charge in [0.15, 0.2) is 46.5 Å². The molecule has 3 aromatic heterocycles. The normalized spacial score (nSPS) is 13.6. The number of Topliss-reactive ketones (excluding diaryl/α,β-unsaturated/α-hetero) is 2.